The molecule has 0 saturated heterocycles. The number of allylic oxidation sites excluding steroid dienone is 1. The minimum absolute atomic E-state index is 0.0511. The normalized spacial score (nSPS) is 16.9. The van der Waals surface area contributed by atoms with Crippen molar-refractivity contribution in [3.05, 3.63) is 71.4 Å². The molecule has 1 aromatic carbocycles. The number of amides is 1. The number of nitrogens with zero attached hydrogens (tertiary/aromatic N) is 2. The van der Waals surface area contributed by atoms with Gasteiger partial charge in [0, 0.05) is 13.1 Å². The second kappa shape index (κ2) is 9.45. The van der Waals surface area contributed by atoms with E-state index in [4.69, 9.17) is 9.15 Å². The summed E-state index contributed by atoms with van der Waals surface area (Å²) in [6.07, 6.45) is 4.33. The zero-order valence-electron chi connectivity index (χ0n) is 17.4. The van der Waals surface area contributed by atoms with E-state index in [1.165, 1.54) is 23.3 Å². The van der Waals surface area contributed by atoms with Crippen LogP contribution in [0.3, 0.4) is 0 Å². The topological polar surface area (TPSA) is 83.2 Å². The number of hydrogen-bond acceptors (Lipinski definition) is 6. The van der Waals surface area contributed by atoms with Crippen molar-refractivity contribution < 1.29 is 23.8 Å². The van der Waals surface area contributed by atoms with Gasteiger partial charge in [0.05, 0.1) is 24.5 Å². The van der Waals surface area contributed by atoms with E-state index in [2.05, 4.69) is 0 Å². The number of rotatable bonds is 9. The Morgan fingerprint density at radius 3 is 2.77 bits per heavy atom. The van der Waals surface area contributed by atoms with E-state index in [0.717, 1.165) is 0 Å². The lowest BCUT2D eigenvalue weighted by Crippen LogP contribution is -2.36. The van der Waals surface area contributed by atoms with Crippen molar-refractivity contribution in [2.75, 3.05) is 33.8 Å². The largest absolute Gasteiger partial charge is 0.503 e. The third kappa shape index (κ3) is 4.63. The van der Waals surface area contributed by atoms with E-state index in [9.17, 15) is 14.7 Å². The summed E-state index contributed by atoms with van der Waals surface area (Å²) in [6.45, 7) is 3.33. The number of ketones is 1. The Kier molecular flexibility index (Phi) is 6.74. The number of likely N-dealkylation sites (N-methyl/N-ethyl adjacent to an activating group) is 1. The third-order valence-electron chi connectivity index (χ3n) is 4.78. The number of hydrogen-bond donors (Lipinski definition) is 1. The fraction of sp³-hybridized carbons (Fsp3) is 0.304. The molecule has 0 saturated carbocycles. The van der Waals surface area contributed by atoms with Gasteiger partial charge in [0.15, 0.2) is 11.5 Å². The maximum absolute atomic E-state index is 13.0. The number of benzene rings is 1. The summed E-state index contributed by atoms with van der Waals surface area (Å²) in [6, 6.07) is 9.97. The molecule has 1 aliphatic heterocycles. The average Bonchev–Trinajstić information content (AvgIpc) is 3.32. The molecule has 158 valence electrons. The standard InChI is InChI=1S/C23H26N2O5/c1-4-29-18-8-5-7-16(15-18)21-20(19(26)11-10-17-9-6-14-30-17)22(27)23(28)25(21)13-12-24(2)3/h5-11,14-15,21,27H,4,12-13H2,1-3H3/b11-10+. The quantitative estimate of drug-likeness (QED) is 0.639. The van der Waals surface area contributed by atoms with Crippen molar-refractivity contribution in [1.82, 2.24) is 9.80 Å². The number of carbonyl (C=O) groups is 2. The summed E-state index contributed by atoms with van der Waals surface area (Å²) in [5.74, 6) is -0.379. The Hall–Kier alpha value is -3.32. The van der Waals surface area contributed by atoms with Crippen LogP contribution in [0.15, 0.2) is 64.5 Å². The highest BCUT2D eigenvalue weighted by molar-refractivity contribution is 6.14. The molecule has 2 aromatic rings. The van der Waals surface area contributed by atoms with Gasteiger partial charge in [-0.3, -0.25) is 9.59 Å². The van der Waals surface area contributed by atoms with Crippen molar-refractivity contribution >= 4 is 17.8 Å². The first-order valence-electron chi connectivity index (χ1n) is 9.80. The van der Waals surface area contributed by atoms with Gasteiger partial charge in [0.1, 0.15) is 11.5 Å². The SMILES string of the molecule is CCOc1cccc(C2C(C(=O)/C=C/c3ccco3)=C(O)C(=O)N2CCN(C)C)c1. The highest BCUT2D eigenvalue weighted by atomic mass is 16.5. The van der Waals surface area contributed by atoms with Crippen molar-refractivity contribution in [3.8, 4) is 5.75 Å². The lowest BCUT2D eigenvalue weighted by atomic mass is 9.95. The van der Waals surface area contributed by atoms with Gasteiger partial charge in [-0.25, -0.2) is 0 Å². The highest BCUT2D eigenvalue weighted by Crippen LogP contribution is 2.38. The van der Waals surface area contributed by atoms with E-state index in [1.54, 1.807) is 18.2 Å². The molecule has 1 aliphatic rings. The molecule has 1 N–H and O–H groups in total. The third-order valence-corrected chi connectivity index (χ3v) is 4.78. The van der Waals surface area contributed by atoms with Crippen LogP contribution >= 0.6 is 0 Å². The molecule has 1 aromatic heterocycles. The first-order valence-corrected chi connectivity index (χ1v) is 9.80. The molecular formula is C23H26N2O5. The molecule has 0 fully saturated rings. The number of carbonyl (C=O) groups excluding carboxylic acids is 2. The average molecular weight is 410 g/mol. The van der Waals surface area contributed by atoms with Gasteiger partial charge in [-0.2, -0.15) is 0 Å². The van der Waals surface area contributed by atoms with Crippen LogP contribution in [0.2, 0.25) is 0 Å². The molecule has 2 heterocycles. The van der Waals surface area contributed by atoms with Gasteiger partial charge >= 0.3 is 0 Å². The van der Waals surface area contributed by atoms with E-state index < -0.39 is 23.5 Å². The van der Waals surface area contributed by atoms with Crippen LogP contribution in [0.4, 0.5) is 0 Å². The Bertz CT molecular complexity index is 960. The van der Waals surface area contributed by atoms with Crippen LogP contribution in [0.5, 0.6) is 5.75 Å². The molecule has 0 aliphatic carbocycles. The summed E-state index contributed by atoms with van der Waals surface area (Å²) in [5, 5.41) is 10.6. The predicted molar refractivity (Wildman–Crippen MR) is 113 cm³/mol. The molecule has 7 nitrogen and oxygen atoms in total. The first kappa shape index (κ1) is 21.4. The van der Waals surface area contributed by atoms with Crippen molar-refractivity contribution in [3.63, 3.8) is 0 Å². The van der Waals surface area contributed by atoms with E-state index >= 15 is 0 Å². The predicted octanol–water partition coefficient (Wildman–Crippen LogP) is 3.22. The van der Waals surface area contributed by atoms with Gasteiger partial charge in [0.25, 0.3) is 5.91 Å². The minimum Gasteiger partial charge on any atom is -0.503 e. The zero-order chi connectivity index (χ0) is 21.7. The van der Waals surface area contributed by atoms with Crippen LogP contribution in [-0.2, 0) is 9.59 Å². The maximum Gasteiger partial charge on any atom is 0.290 e. The molecule has 0 spiro atoms. The second-order valence-electron chi connectivity index (χ2n) is 7.19. The van der Waals surface area contributed by atoms with Gasteiger partial charge in [0.2, 0.25) is 0 Å². The molecule has 7 heteroatoms. The van der Waals surface area contributed by atoms with Crippen LogP contribution in [0.1, 0.15) is 24.3 Å². The molecule has 1 amide bonds. The van der Waals surface area contributed by atoms with Gasteiger partial charge in [-0.05, 0) is 63.0 Å². The summed E-state index contributed by atoms with van der Waals surface area (Å²) in [7, 11) is 3.80. The summed E-state index contributed by atoms with van der Waals surface area (Å²) in [4.78, 5) is 29.3. The van der Waals surface area contributed by atoms with E-state index in [1.807, 2.05) is 44.1 Å². The number of furan rings is 1. The van der Waals surface area contributed by atoms with Crippen LogP contribution < -0.4 is 4.74 Å². The summed E-state index contributed by atoms with van der Waals surface area (Å²) in [5.41, 5.74) is 0.752. The second-order valence-corrected chi connectivity index (χ2v) is 7.19. The molecule has 0 bridgehead atoms. The molecule has 1 unspecified atom stereocenters. The van der Waals surface area contributed by atoms with Crippen LogP contribution in [-0.4, -0.2) is 60.4 Å². The monoisotopic (exact) mass is 410 g/mol. The summed E-state index contributed by atoms with van der Waals surface area (Å²) >= 11 is 0. The minimum atomic E-state index is -0.702. The van der Waals surface area contributed by atoms with Gasteiger partial charge in [-0.15, -0.1) is 0 Å². The van der Waals surface area contributed by atoms with Gasteiger partial charge < -0.3 is 24.1 Å². The highest BCUT2D eigenvalue weighted by Gasteiger charge is 2.42. The van der Waals surface area contributed by atoms with Crippen molar-refractivity contribution in [2.24, 2.45) is 0 Å². The Morgan fingerprint density at radius 2 is 2.10 bits per heavy atom. The Labute approximate surface area is 175 Å². The molecular weight excluding hydrogens is 384 g/mol. The van der Waals surface area contributed by atoms with Crippen molar-refractivity contribution in [2.45, 2.75) is 13.0 Å². The smallest absolute Gasteiger partial charge is 0.290 e. The maximum atomic E-state index is 13.0. The fourth-order valence-corrected chi connectivity index (χ4v) is 3.37. The molecule has 0 radical (unpaired) electrons. The lowest BCUT2D eigenvalue weighted by molar-refractivity contribution is -0.129. The van der Waals surface area contributed by atoms with Gasteiger partial charge in [-0.1, -0.05) is 12.1 Å². The lowest BCUT2D eigenvalue weighted by Gasteiger charge is -2.28. The van der Waals surface area contributed by atoms with Crippen LogP contribution in [0.25, 0.3) is 6.08 Å². The van der Waals surface area contributed by atoms with Crippen LogP contribution in [0, 0.1) is 0 Å². The first-order chi connectivity index (χ1) is 14.4. The molecule has 3 rings (SSSR count). The van der Waals surface area contributed by atoms with Crippen molar-refractivity contribution in [1.29, 1.82) is 0 Å². The van der Waals surface area contributed by atoms with E-state index in [-0.39, 0.29) is 5.57 Å². The molecule has 30 heavy (non-hydrogen) atoms. The Balaban J connectivity index is 1.99. The number of aliphatic hydroxyl groups is 1. The van der Waals surface area contributed by atoms with E-state index in [0.29, 0.717) is 36.8 Å². The fourth-order valence-electron chi connectivity index (χ4n) is 3.37. The number of ether oxygens (including phenoxy) is 1. The molecule has 1 atom stereocenters. The zero-order valence-corrected chi connectivity index (χ0v) is 17.4. The summed E-state index contributed by atoms with van der Waals surface area (Å²) < 4.78 is 10.8. The Morgan fingerprint density at radius 1 is 1.30 bits per heavy atom. The number of aliphatic hydroxyl groups excluding tert-OH is 1.